The highest BCUT2D eigenvalue weighted by atomic mass is 16.4. The van der Waals surface area contributed by atoms with Crippen molar-refractivity contribution in [2.24, 2.45) is 0 Å². The Morgan fingerprint density at radius 1 is 1.05 bits per heavy atom. The van der Waals surface area contributed by atoms with Crippen LogP contribution in [-0.2, 0) is 4.79 Å². The van der Waals surface area contributed by atoms with E-state index in [0.29, 0.717) is 12.0 Å². The lowest BCUT2D eigenvalue weighted by Crippen LogP contribution is -2.40. The van der Waals surface area contributed by atoms with E-state index in [4.69, 9.17) is 0 Å². The van der Waals surface area contributed by atoms with Crippen LogP contribution >= 0.6 is 0 Å². The van der Waals surface area contributed by atoms with Gasteiger partial charge in [-0.25, -0.2) is 4.79 Å². The molecule has 0 saturated carbocycles. The highest BCUT2D eigenvalue weighted by Gasteiger charge is 2.19. The highest BCUT2D eigenvalue weighted by Crippen LogP contribution is 2.09. The highest BCUT2D eigenvalue weighted by molar-refractivity contribution is 5.96. The maximum Gasteiger partial charge on any atom is 0.326 e. The van der Waals surface area contributed by atoms with Gasteiger partial charge >= 0.3 is 5.97 Å². The van der Waals surface area contributed by atoms with Crippen LogP contribution in [0.3, 0.4) is 0 Å². The van der Waals surface area contributed by atoms with Crippen molar-refractivity contribution >= 4 is 11.9 Å². The normalized spacial score (nSPS) is 11.9. The molecule has 0 aliphatic carbocycles. The monoisotopic (exact) mass is 291 g/mol. The van der Waals surface area contributed by atoms with Crippen molar-refractivity contribution < 1.29 is 14.7 Å². The first-order chi connectivity index (χ1) is 10.1. The van der Waals surface area contributed by atoms with E-state index in [0.717, 1.165) is 19.3 Å². The molecule has 0 heterocycles. The van der Waals surface area contributed by atoms with E-state index in [2.05, 4.69) is 12.2 Å². The van der Waals surface area contributed by atoms with Gasteiger partial charge in [0.1, 0.15) is 6.04 Å². The zero-order valence-electron chi connectivity index (χ0n) is 12.7. The molecular weight excluding hydrogens is 266 g/mol. The largest absolute Gasteiger partial charge is 0.480 e. The number of nitrogens with one attached hydrogen (secondary N) is 1. The van der Waals surface area contributed by atoms with Crippen LogP contribution in [0.25, 0.3) is 0 Å². The van der Waals surface area contributed by atoms with Gasteiger partial charge in [-0.2, -0.15) is 0 Å². The van der Waals surface area contributed by atoms with E-state index in [1.54, 1.807) is 24.3 Å². The van der Waals surface area contributed by atoms with Crippen molar-refractivity contribution in [3.8, 4) is 0 Å². The third kappa shape index (κ3) is 6.93. The predicted molar refractivity (Wildman–Crippen MR) is 83.3 cm³/mol. The van der Waals surface area contributed by atoms with Crippen LogP contribution < -0.4 is 5.32 Å². The first kappa shape index (κ1) is 17.2. The van der Waals surface area contributed by atoms with E-state index < -0.39 is 12.0 Å². The van der Waals surface area contributed by atoms with Gasteiger partial charge in [-0.05, 0) is 18.6 Å². The number of carbonyl (C=O) groups excluding carboxylic acids is 1. The molecule has 0 aliphatic rings. The minimum Gasteiger partial charge on any atom is -0.480 e. The summed E-state index contributed by atoms with van der Waals surface area (Å²) in [6.07, 6.45) is 7.09. The van der Waals surface area contributed by atoms with Crippen molar-refractivity contribution in [1.29, 1.82) is 0 Å². The molecule has 1 aromatic carbocycles. The third-order valence-corrected chi connectivity index (χ3v) is 3.49. The molecule has 0 radical (unpaired) electrons. The Balaban J connectivity index is 2.36. The van der Waals surface area contributed by atoms with Crippen LogP contribution in [0, 0.1) is 0 Å². The summed E-state index contributed by atoms with van der Waals surface area (Å²) in [5.41, 5.74) is 0.492. The van der Waals surface area contributed by atoms with Crippen LogP contribution in [-0.4, -0.2) is 23.0 Å². The molecule has 2 N–H and O–H groups in total. The van der Waals surface area contributed by atoms with Crippen LogP contribution in [0.2, 0.25) is 0 Å². The number of rotatable bonds is 10. The van der Waals surface area contributed by atoms with E-state index in [-0.39, 0.29) is 5.91 Å². The lowest BCUT2D eigenvalue weighted by Gasteiger charge is -2.14. The van der Waals surface area contributed by atoms with Crippen LogP contribution in [0.1, 0.15) is 62.2 Å². The molecule has 1 rings (SSSR count). The summed E-state index contributed by atoms with van der Waals surface area (Å²) in [5, 5.41) is 11.8. The van der Waals surface area contributed by atoms with Crippen molar-refractivity contribution in [2.45, 2.75) is 57.9 Å². The smallest absolute Gasteiger partial charge is 0.326 e. The second-order valence-electron chi connectivity index (χ2n) is 5.29. The Kier molecular flexibility index (Phi) is 8.17. The van der Waals surface area contributed by atoms with E-state index in [9.17, 15) is 14.7 Å². The summed E-state index contributed by atoms with van der Waals surface area (Å²) >= 11 is 0. The van der Waals surface area contributed by atoms with Gasteiger partial charge in [-0.15, -0.1) is 0 Å². The number of aliphatic carboxylic acids is 1. The average molecular weight is 291 g/mol. The number of hydrogen-bond acceptors (Lipinski definition) is 2. The number of unbranched alkanes of at least 4 members (excludes halogenated alkanes) is 5. The second kappa shape index (κ2) is 9.97. The minimum atomic E-state index is -0.965. The number of hydrogen-bond donors (Lipinski definition) is 2. The summed E-state index contributed by atoms with van der Waals surface area (Å²) in [6, 6.07) is 7.90. The van der Waals surface area contributed by atoms with Gasteiger partial charge in [0.05, 0.1) is 0 Å². The molecule has 116 valence electrons. The Bertz CT molecular complexity index is 431. The van der Waals surface area contributed by atoms with Crippen molar-refractivity contribution in [3.05, 3.63) is 35.9 Å². The molecule has 21 heavy (non-hydrogen) atoms. The molecule has 0 unspecified atom stereocenters. The van der Waals surface area contributed by atoms with Gasteiger partial charge in [0, 0.05) is 5.56 Å². The Labute approximate surface area is 126 Å². The number of carbonyl (C=O) groups is 2. The first-order valence-electron chi connectivity index (χ1n) is 7.74. The van der Waals surface area contributed by atoms with Gasteiger partial charge in [-0.1, -0.05) is 63.6 Å². The van der Waals surface area contributed by atoms with Gasteiger partial charge in [0.2, 0.25) is 0 Å². The molecule has 0 spiro atoms. The van der Waals surface area contributed by atoms with Crippen molar-refractivity contribution in [3.63, 3.8) is 0 Å². The third-order valence-electron chi connectivity index (χ3n) is 3.49. The molecule has 0 aliphatic heterocycles. The van der Waals surface area contributed by atoms with Crippen molar-refractivity contribution in [1.82, 2.24) is 5.32 Å². The molecule has 1 amide bonds. The quantitative estimate of drug-likeness (QED) is 0.647. The standard InChI is InChI=1S/C17H25NO3/c1-2-3-4-5-6-10-13-15(17(20)21)18-16(19)14-11-8-7-9-12-14/h7-9,11-12,15H,2-6,10,13H2,1H3,(H,18,19)(H,20,21)/t15-/m1/s1. The summed E-state index contributed by atoms with van der Waals surface area (Å²) in [4.78, 5) is 23.2. The number of benzene rings is 1. The first-order valence-corrected chi connectivity index (χ1v) is 7.74. The minimum absolute atomic E-state index is 0.325. The summed E-state index contributed by atoms with van der Waals surface area (Å²) < 4.78 is 0. The summed E-state index contributed by atoms with van der Waals surface area (Å²) in [6.45, 7) is 2.17. The molecule has 4 nitrogen and oxygen atoms in total. The predicted octanol–water partition coefficient (Wildman–Crippen LogP) is 3.62. The zero-order valence-corrected chi connectivity index (χ0v) is 12.7. The lowest BCUT2D eigenvalue weighted by atomic mass is 10.1. The average Bonchev–Trinajstić information content (AvgIpc) is 2.50. The molecule has 0 aromatic heterocycles. The number of carboxylic acid groups (broad SMARTS) is 1. The maximum absolute atomic E-state index is 12.0. The second-order valence-corrected chi connectivity index (χ2v) is 5.29. The van der Waals surface area contributed by atoms with Gasteiger partial charge in [0.15, 0.2) is 0 Å². The van der Waals surface area contributed by atoms with Gasteiger partial charge < -0.3 is 10.4 Å². The van der Waals surface area contributed by atoms with Crippen LogP contribution in [0.4, 0.5) is 0 Å². The molecular formula is C17H25NO3. The fourth-order valence-corrected chi connectivity index (χ4v) is 2.22. The topological polar surface area (TPSA) is 66.4 Å². The van der Waals surface area contributed by atoms with Gasteiger partial charge in [0.25, 0.3) is 5.91 Å². The fraction of sp³-hybridized carbons (Fsp3) is 0.529. The molecule has 1 aromatic rings. The van der Waals surface area contributed by atoms with Gasteiger partial charge in [-0.3, -0.25) is 4.79 Å². The van der Waals surface area contributed by atoms with E-state index in [1.165, 1.54) is 19.3 Å². The Morgan fingerprint density at radius 2 is 1.67 bits per heavy atom. The summed E-state index contributed by atoms with van der Waals surface area (Å²) in [5.74, 6) is -1.29. The Hall–Kier alpha value is -1.84. The molecule has 1 atom stereocenters. The van der Waals surface area contributed by atoms with Crippen LogP contribution in [0.5, 0.6) is 0 Å². The number of amides is 1. The maximum atomic E-state index is 12.0. The molecule has 0 bridgehead atoms. The fourth-order valence-electron chi connectivity index (χ4n) is 2.22. The number of carboxylic acids is 1. The van der Waals surface area contributed by atoms with E-state index >= 15 is 0 Å². The zero-order chi connectivity index (χ0) is 15.5. The lowest BCUT2D eigenvalue weighted by molar-refractivity contribution is -0.139. The molecule has 0 saturated heterocycles. The van der Waals surface area contributed by atoms with Crippen molar-refractivity contribution in [2.75, 3.05) is 0 Å². The SMILES string of the molecule is CCCCCCCC[C@@H](NC(=O)c1ccccc1)C(=O)O. The van der Waals surface area contributed by atoms with Crippen LogP contribution in [0.15, 0.2) is 30.3 Å². The molecule has 4 heteroatoms. The molecule has 0 fully saturated rings. The Morgan fingerprint density at radius 3 is 2.29 bits per heavy atom. The summed E-state index contributed by atoms with van der Waals surface area (Å²) in [7, 11) is 0. The van der Waals surface area contributed by atoms with E-state index in [1.807, 2.05) is 6.07 Å².